The second-order valence-electron chi connectivity index (χ2n) is 3.98. The van der Waals surface area contributed by atoms with E-state index in [4.69, 9.17) is 9.52 Å². The highest BCUT2D eigenvalue weighted by atomic mass is 16.6. The van der Waals surface area contributed by atoms with Crippen LogP contribution in [-0.2, 0) is 6.54 Å². The van der Waals surface area contributed by atoms with Gasteiger partial charge in [0.25, 0.3) is 0 Å². The first kappa shape index (κ1) is 13.5. The van der Waals surface area contributed by atoms with Gasteiger partial charge in [0.15, 0.2) is 0 Å². The Morgan fingerprint density at radius 1 is 1.60 bits per heavy atom. The van der Waals surface area contributed by atoms with Crippen LogP contribution >= 0.6 is 0 Å². The van der Waals surface area contributed by atoms with Crippen LogP contribution in [0.3, 0.4) is 0 Å². The first-order valence-electron chi connectivity index (χ1n) is 5.42. The molecule has 0 aliphatic carbocycles. The van der Waals surface area contributed by atoms with Gasteiger partial charge in [0, 0.05) is 5.56 Å². The van der Waals surface area contributed by atoms with Gasteiger partial charge in [-0.05, 0) is 13.0 Å². The first-order chi connectivity index (χ1) is 9.38. The van der Waals surface area contributed by atoms with Crippen LogP contribution in [0.2, 0.25) is 0 Å². The summed E-state index contributed by atoms with van der Waals surface area (Å²) in [6.45, 7) is 1.48. The predicted molar refractivity (Wildman–Crippen MR) is 64.7 cm³/mol. The molecule has 0 bridgehead atoms. The van der Waals surface area contributed by atoms with E-state index in [1.807, 2.05) is 0 Å². The number of nitro groups is 1. The maximum Gasteiger partial charge on any atom is 0.371 e. The molecule has 0 fully saturated rings. The predicted octanol–water partition coefficient (Wildman–Crippen LogP) is 0.799. The van der Waals surface area contributed by atoms with E-state index in [0.29, 0.717) is 11.3 Å². The van der Waals surface area contributed by atoms with Crippen molar-refractivity contribution in [3.8, 4) is 0 Å². The Balaban J connectivity index is 2.39. The summed E-state index contributed by atoms with van der Waals surface area (Å²) in [6, 6.07) is 1.27. The minimum atomic E-state index is -1.23. The van der Waals surface area contributed by atoms with Crippen LogP contribution < -0.4 is 5.69 Å². The molecule has 0 saturated carbocycles. The van der Waals surface area contributed by atoms with Crippen LogP contribution in [0.5, 0.6) is 0 Å². The molecular weight excluding hydrogens is 270 g/mol. The van der Waals surface area contributed by atoms with Crippen molar-refractivity contribution in [1.82, 2.24) is 9.55 Å². The van der Waals surface area contributed by atoms with E-state index in [2.05, 4.69) is 4.98 Å². The Kier molecular flexibility index (Phi) is 3.34. The van der Waals surface area contributed by atoms with Gasteiger partial charge in [0.2, 0.25) is 5.76 Å². The van der Waals surface area contributed by atoms with Gasteiger partial charge in [-0.15, -0.1) is 0 Å². The summed E-state index contributed by atoms with van der Waals surface area (Å²) in [5.74, 6) is -1.17. The Bertz CT molecular complexity index is 745. The van der Waals surface area contributed by atoms with E-state index in [1.165, 1.54) is 13.0 Å². The van der Waals surface area contributed by atoms with Crippen molar-refractivity contribution in [1.29, 1.82) is 0 Å². The van der Waals surface area contributed by atoms with Crippen molar-refractivity contribution in [2.24, 2.45) is 0 Å². The lowest BCUT2D eigenvalue weighted by Crippen LogP contribution is -2.23. The third kappa shape index (κ3) is 2.55. The van der Waals surface area contributed by atoms with E-state index in [1.54, 1.807) is 0 Å². The van der Waals surface area contributed by atoms with E-state index < -0.39 is 16.6 Å². The Morgan fingerprint density at radius 2 is 2.30 bits per heavy atom. The highest BCUT2D eigenvalue weighted by Gasteiger charge is 2.15. The Labute approximate surface area is 111 Å². The van der Waals surface area contributed by atoms with Crippen LogP contribution in [0.4, 0.5) is 5.69 Å². The third-order valence-electron chi connectivity index (χ3n) is 2.62. The van der Waals surface area contributed by atoms with E-state index in [9.17, 15) is 19.7 Å². The van der Waals surface area contributed by atoms with Gasteiger partial charge in [0.05, 0.1) is 17.7 Å². The van der Waals surface area contributed by atoms with Gasteiger partial charge in [-0.25, -0.2) is 9.59 Å². The topological polar surface area (TPSA) is 128 Å². The molecular formula is C11H9N3O6. The van der Waals surface area contributed by atoms with E-state index in [-0.39, 0.29) is 18.0 Å². The first-order valence-corrected chi connectivity index (χ1v) is 5.42. The molecule has 2 aromatic rings. The lowest BCUT2D eigenvalue weighted by molar-refractivity contribution is -0.385. The molecule has 0 radical (unpaired) electrons. The fraction of sp³-hybridized carbons (Fsp3) is 0.182. The summed E-state index contributed by atoms with van der Waals surface area (Å²) in [4.78, 5) is 35.6. The van der Waals surface area contributed by atoms with Crippen LogP contribution in [0.25, 0.3) is 0 Å². The SMILES string of the molecule is Cc1oc(C(=O)O)cc1Cn1cc([N+](=O)[O-])cnc1=O. The fourth-order valence-corrected chi connectivity index (χ4v) is 1.62. The second kappa shape index (κ2) is 4.96. The summed E-state index contributed by atoms with van der Waals surface area (Å²) in [7, 11) is 0. The van der Waals surface area contributed by atoms with Crippen molar-refractivity contribution in [2.45, 2.75) is 13.5 Å². The van der Waals surface area contributed by atoms with Gasteiger partial charge in [-0.3, -0.25) is 14.7 Å². The van der Waals surface area contributed by atoms with Crippen LogP contribution in [0, 0.1) is 17.0 Å². The summed E-state index contributed by atoms with van der Waals surface area (Å²) < 4.78 is 6.01. The smallest absolute Gasteiger partial charge is 0.371 e. The number of carbonyl (C=O) groups is 1. The molecule has 2 rings (SSSR count). The van der Waals surface area contributed by atoms with Gasteiger partial charge < -0.3 is 9.52 Å². The van der Waals surface area contributed by atoms with Crippen LogP contribution in [-0.4, -0.2) is 25.6 Å². The standard InChI is InChI=1S/C11H9N3O6/c1-6-7(2-9(20-6)10(15)16)4-13-5-8(14(18)19)3-12-11(13)17/h2-3,5H,4H2,1H3,(H,15,16). The number of aromatic nitrogens is 2. The molecule has 0 aromatic carbocycles. The molecule has 9 nitrogen and oxygen atoms in total. The molecule has 104 valence electrons. The largest absolute Gasteiger partial charge is 0.475 e. The molecule has 0 unspecified atom stereocenters. The van der Waals surface area contributed by atoms with Crippen molar-refractivity contribution in [2.75, 3.05) is 0 Å². The highest BCUT2D eigenvalue weighted by molar-refractivity contribution is 5.84. The maximum absolute atomic E-state index is 11.5. The van der Waals surface area contributed by atoms with Gasteiger partial charge in [-0.2, -0.15) is 4.98 Å². The molecule has 2 aromatic heterocycles. The lowest BCUT2D eigenvalue weighted by atomic mass is 10.2. The normalized spacial score (nSPS) is 10.4. The van der Waals surface area contributed by atoms with Gasteiger partial charge in [-0.1, -0.05) is 0 Å². The monoisotopic (exact) mass is 279 g/mol. The molecule has 0 saturated heterocycles. The van der Waals surface area contributed by atoms with Gasteiger partial charge in [0.1, 0.15) is 12.0 Å². The number of hydrogen-bond donors (Lipinski definition) is 1. The minimum Gasteiger partial charge on any atom is -0.475 e. The zero-order valence-corrected chi connectivity index (χ0v) is 10.3. The summed E-state index contributed by atoms with van der Waals surface area (Å²) in [5, 5.41) is 19.4. The number of carboxylic acid groups (broad SMARTS) is 1. The number of aryl methyl sites for hydroxylation is 1. The molecule has 2 heterocycles. The summed E-state index contributed by atoms with van der Waals surface area (Å²) in [5.41, 5.74) is -0.566. The highest BCUT2D eigenvalue weighted by Crippen LogP contribution is 2.16. The third-order valence-corrected chi connectivity index (χ3v) is 2.62. The molecule has 0 spiro atoms. The number of nitrogens with zero attached hydrogens (tertiary/aromatic N) is 3. The minimum absolute atomic E-state index is 0.0594. The lowest BCUT2D eigenvalue weighted by Gasteiger charge is -2.02. The Hall–Kier alpha value is -2.97. The fourth-order valence-electron chi connectivity index (χ4n) is 1.62. The molecule has 9 heteroatoms. The zero-order chi connectivity index (χ0) is 14.9. The van der Waals surface area contributed by atoms with Gasteiger partial charge >= 0.3 is 17.3 Å². The van der Waals surface area contributed by atoms with Crippen LogP contribution in [0.15, 0.2) is 27.7 Å². The Morgan fingerprint density at radius 3 is 2.85 bits per heavy atom. The van der Waals surface area contributed by atoms with Crippen molar-refractivity contribution in [3.63, 3.8) is 0 Å². The number of aromatic carboxylic acids is 1. The molecule has 0 aliphatic heterocycles. The van der Waals surface area contributed by atoms with Crippen LogP contribution in [0.1, 0.15) is 21.9 Å². The van der Waals surface area contributed by atoms with E-state index >= 15 is 0 Å². The summed E-state index contributed by atoms with van der Waals surface area (Å²) in [6.07, 6.45) is 1.91. The van der Waals surface area contributed by atoms with Crippen molar-refractivity contribution in [3.05, 3.63) is 56.1 Å². The number of rotatable bonds is 4. The average Bonchev–Trinajstić information content (AvgIpc) is 2.73. The van der Waals surface area contributed by atoms with E-state index in [0.717, 1.165) is 17.0 Å². The molecule has 1 N–H and O–H groups in total. The zero-order valence-electron chi connectivity index (χ0n) is 10.3. The second-order valence-corrected chi connectivity index (χ2v) is 3.98. The summed E-state index contributed by atoms with van der Waals surface area (Å²) >= 11 is 0. The van der Waals surface area contributed by atoms with Crippen molar-refractivity contribution >= 4 is 11.7 Å². The number of carboxylic acids is 1. The maximum atomic E-state index is 11.5. The number of furan rings is 1. The molecule has 0 atom stereocenters. The molecule has 20 heavy (non-hydrogen) atoms. The average molecular weight is 279 g/mol. The quantitative estimate of drug-likeness (QED) is 0.647. The van der Waals surface area contributed by atoms with Crippen molar-refractivity contribution < 1.29 is 19.2 Å². The number of hydrogen-bond acceptors (Lipinski definition) is 6. The molecule has 0 amide bonds. The molecule has 0 aliphatic rings.